The summed E-state index contributed by atoms with van der Waals surface area (Å²) in [5, 5.41) is 6.84. The van der Waals surface area contributed by atoms with E-state index in [1.807, 2.05) is 18.2 Å². The number of amides is 1. The second kappa shape index (κ2) is 8.56. The van der Waals surface area contributed by atoms with Gasteiger partial charge in [-0.3, -0.25) is 4.79 Å². The molecule has 106 valence electrons. The minimum absolute atomic E-state index is 0.0862. The minimum Gasteiger partial charge on any atom is -0.356 e. The van der Waals surface area contributed by atoms with Crippen LogP contribution in [0.3, 0.4) is 0 Å². The molecule has 1 rings (SSSR count). The highest BCUT2D eigenvalue weighted by Gasteiger charge is 2.03. The topological polar surface area (TPSA) is 41.1 Å². The molecule has 0 aliphatic carbocycles. The van der Waals surface area contributed by atoms with E-state index < -0.39 is 0 Å². The van der Waals surface area contributed by atoms with Crippen LogP contribution < -0.4 is 10.6 Å². The summed E-state index contributed by atoms with van der Waals surface area (Å²) in [5.74, 6) is 0.571. The van der Waals surface area contributed by atoms with Gasteiger partial charge in [-0.05, 0) is 23.6 Å². The van der Waals surface area contributed by atoms with Crippen molar-refractivity contribution in [2.75, 3.05) is 13.1 Å². The lowest BCUT2D eigenvalue weighted by Crippen LogP contribution is -2.30. The summed E-state index contributed by atoms with van der Waals surface area (Å²) >= 11 is 9.47. The molecule has 0 spiro atoms. The highest BCUT2D eigenvalue weighted by Crippen LogP contribution is 2.20. The number of carbonyl (C=O) groups excluding carboxylic acids is 1. The van der Waals surface area contributed by atoms with Gasteiger partial charge in [-0.25, -0.2) is 0 Å². The number of hydrogen-bond acceptors (Lipinski definition) is 2. The molecule has 2 N–H and O–H groups in total. The number of hydrogen-bond donors (Lipinski definition) is 2. The Kier molecular flexibility index (Phi) is 7.42. The maximum Gasteiger partial charge on any atom is 0.221 e. The van der Waals surface area contributed by atoms with Gasteiger partial charge < -0.3 is 10.6 Å². The standard InChI is InChI=1S/C14H20BrClN2O/c1-10(2)8-18-14(19)5-6-17-9-11-3-4-12(15)7-13(11)16/h3-4,7,10,17H,5-6,8-9H2,1-2H3,(H,18,19). The second-order valence-corrected chi connectivity index (χ2v) is 6.18. The Labute approximate surface area is 128 Å². The van der Waals surface area contributed by atoms with Gasteiger partial charge in [0.05, 0.1) is 0 Å². The van der Waals surface area contributed by atoms with Crippen molar-refractivity contribution in [3.63, 3.8) is 0 Å². The van der Waals surface area contributed by atoms with Gasteiger partial charge in [-0.1, -0.05) is 47.4 Å². The van der Waals surface area contributed by atoms with Crippen molar-refractivity contribution in [3.05, 3.63) is 33.3 Å². The van der Waals surface area contributed by atoms with Crippen LogP contribution in [-0.2, 0) is 11.3 Å². The predicted octanol–water partition coefficient (Wildman–Crippen LogP) is 3.35. The molecule has 0 radical (unpaired) electrons. The minimum atomic E-state index is 0.0862. The first kappa shape index (κ1) is 16.5. The lowest BCUT2D eigenvalue weighted by atomic mass is 10.2. The summed E-state index contributed by atoms with van der Waals surface area (Å²) in [7, 11) is 0. The SMILES string of the molecule is CC(C)CNC(=O)CCNCc1ccc(Br)cc1Cl. The maximum absolute atomic E-state index is 11.5. The van der Waals surface area contributed by atoms with Crippen LogP contribution >= 0.6 is 27.5 Å². The third kappa shape index (κ3) is 6.95. The predicted molar refractivity (Wildman–Crippen MR) is 83.3 cm³/mol. The molecule has 19 heavy (non-hydrogen) atoms. The van der Waals surface area contributed by atoms with E-state index in [2.05, 4.69) is 40.4 Å². The van der Waals surface area contributed by atoms with Gasteiger partial charge in [0.15, 0.2) is 0 Å². The molecule has 0 saturated carbocycles. The van der Waals surface area contributed by atoms with Crippen molar-refractivity contribution in [1.82, 2.24) is 10.6 Å². The van der Waals surface area contributed by atoms with Gasteiger partial charge in [-0.2, -0.15) is 0 Å². The number of benzene rings is 1. The van der Waals surface area contributed by atoms with Crippen molar-refractivity contribution >= 4 is 33.4 Å². The molecule has 0 aromatic heterocycles. The van der Waals surface area contributed by atoms with Crippen LogP contribution in [0, 0.1) is 5.92 Å². The summed E-state index contributed by atoms with van der Waals surface area (Å²) in [4.78, 5) is 11.5. The van der Waals surface area contributed by atoms with E-state index in [0.717, 1.165) is 21.6 Å². The van der Waals surface area contributed by atoms with Gasteiger partial charge in [0.25, 0.3) is 0 Å². The highest BCUT2D eigenvalue weighted by atomic mass is 79.9. The van der Waals surface area contributed by atoms with Gasteiger partial charge in [-0.15, -0.1) is 0 Å². The van der Waals surface area contributed by atoms with Crippen LogP contribution in [-0.4, -0.2) is 19.0 Å². The van der Waals surface area contributed by atoms with E-state index in [-0.39, 0.29) is 5.91 Å². The van der Waals surface area contributed by atoms with Crippen molar-refractivity contribution in [2.45, 2.75) is 26.8 Å². The van der Waals surface area contributed by atoms with Crippen molar-refractivity contribution in [3.8, 4) is 0 Å². The van der Waals surface area contributed by atoms with Crippen LogP contribution in [0.15, 0.2) is 22.7 Å². The first-order valence-electron chi connectivity index (χ1n) is 6.40. The summed E-state index contributed by atoms with van der Waals surface area (Å²) < 4.78 is 0.967. The summed E-state index contributed by atoms with van der Waals surface area (Å²) in [5.41, 5.74) is 1.03. The number of nitrogens with one attached hydrogen (secondary N) is 2. The fourth-order valence-electron chi connectivity index (χ4n) is 1.50. The van der Waals surface area contributed by atoms with Crippen molar-refractivity contribution < 1.29 is 4.79 Å². The summed E-state index contributed by atoms with van der Waals surface area (Å²) in [6, 6.07) is 5.80. The lowest BCUT2D eigenvalue weighted by Gasteiger charge is -2.09. The molecule has 0 fully saturated rings. The summed E-state index contributed by atoms with van der Waals surface area (Å²) in [6.45, 7) is 6.21. The Morgan fingerprint density at radius 2 is 2.16 bits per heavy atom. The second-order valence-electron chi connectivity index (χ2n) is 4.86. The van der Waals surface area contributed by atoms with Crippen LogP contribution in [0.25, 0.3) is 0 Å². The largest absolute Gasteiger partial charge is 0.356 e. The Balaban J connectivity index is 2.22. The number of halogens is 2. The van der Waals surface area contributed by atoms with E-state index in [0.29, 0.717) is 25.4 Å². The molecule has 0 aliphatic rings. The highest BCUT2D eigenvalue weighted by molar-refractivity contribution is 9.10. The molecule has 0 saturated heterocycles. The Bertz CT molecular complexity index is 424. The van der Waals surface area contributed by atoms with E-state index in [4.69, 9.17) is 11.6 Å². The van der Waals surface area contributed by atoms with Gasteiger partial charge in [0.2, 0.25) is 5.91 Å². The van der Waals surface area contributed by atoms with Crippen LogP contribution in [0.2, 0.25) is 5.02 Å². The third-order valence-corrected chi connectivity index (χ3v) is 3.41. The molecule has 1 aromatic rings. The monoisotopic (exact) mass is 346 g/mol. The van der Waals surface area contributed by atoms with Crippen molar-refractivity contribution in [1.29, 1.82) is 0 Å². The van der Waals surface area contributed by atoms with Crippen LogP contribution in [0.1, 0.15) is 25.8 Å². The van der Waals surface area contributed by atoms with Crippen LogP contribution in [0.4, 0.5) is 0 Å². The fraction of sp³-hybridized carbons (Fsp3) is 0.500. The first-order chi connectivity index (χ1) is 8.99. The Hall–Kier alpha value is -0.580. The normalized spacial score (nSPS) is 10.8. The van der Waals surface area contributed by atoms with Crippen molar-refractivity contribution in [2.24, 2.45) is 5.92 Å². The molecule has 0 bridgehead atoms. The molecule has 5 heteroatoms. The quantitative estimate of drug-likeness (QED) is 0.743. The Morgan fingerprint density at radius 3 is 2.79 bits per heavy atom. The maximum atomic E-state index is 11.5. The van der Waals surface area contributed by atoms with Gasteiger partial charge in [0, 0.05) is 35.6 Å². The zero-order chi connectivity index (χ0) is 14.3. The molecule has 0 atom stereocenters. The zero-order valence-electron chi connectivity index (χ0n) is 11.3. The average molecular weight is 348 g/mol. The lowest BCUT2D eigenvalue weighted by molar-refractivity contribution is -0.121. The molecule has 0 unspecified atom stereocenters. The molecule has 1 aromatic carbocycles. The van der Waals surface area contributed by atoms with E-state index in [1.165, 1.54) is 0 Å². The van der Waals surface area contributed by atoms with E-state index in [1.54, 1.807) is 0 Å². The molecular formula is C14H20BrClN2O. The molecule has 0 heterocycles. The third-order valence-electron chi connectivity index (χ3n) is 2.57. The van der Waals surface area contributed by atoms with Gasteiger partial charge >= 0.3 is 0 Å². The summed E-state index contributed by atoms with van der Waals surface area (Å²) in [6.07, 6.45) is 0.487. The van der Waals surface area contributed by atoms with Crippen LogP contribution in [0.5, 0.6) is 0 Å². The molecule has 0 aliphatic heterocycles. The first-order valence-corrected chi connectivity index (χ1v) is 7.57. The number of carbonyl (C=O) groups is 1. The van der Waals surface area contributed by atoms with E-state index >= 15 is 0 Å². The molecule has 3 nitrogen and oxygen atoms in total. The average Bonchev–Trinajstić information content (AvgIpc) is 2.34. The van der Waals surface area contributed by atoms with E-state index in [9.17, 15) is 4.79 Å². The molecular weight excluding hydrogens is 328 g/mol. The smallest absolute Gasteiger partial charge is 0.221 e. The Morgan fingerprint density at radius 1 is 1.42 bits per heavy atom. The molecule has 1 amide bonds. The van der Waals surface area contributed by atoms with Gasteiger partial charge in [0.1, 0.15) is 0 Å². The fourth-order valence-corrected chi connectivity index (χ4v) is 2.24. The number of rotatable bonds is 7. The zero-order valence-corrected chi connectivity index (χ0v) is 13.6.